The molecule has 47 heavy (non-hydrogen) atoms. The molecule has 1 aromatic carbocycles. The van der Waals surface area contributed by atoms with Gasteiger partial charge in [-0.05, 0) is 43.0 Å². The van der Waals surface area contributed by atoms with Crippen LogP contribution in [0.25, 0.3) is 11.2 Å². The summed E-state index contributed by atoms with van der Waals surface area (Å²) in [5.74, 6) is 1.04. The van der Waals surface area contributed by atoms with Crippen molar-refractivity contribution in [1.29, 1.82) is 5.41 Å². The molecule has 1 saturated carbocycles. The zero-order valence-corrected chi connectivity index (χ0v) is 26.7. The van der Waals surface area contributed by atoms with Crippen molar-refractivity contribution in [2.75, 3.05) is 32.6 Å². The average molecular weight is 673 g/mol. The number of nitrogens with one attached hydrogen (secondary N) is 2. The number of fused-ring (bicyclic) bond motifs is 1. The summed E-state index contributed by atoms with van der Waals surface area (Å²) >= 11 is 6.75. The summed E-state index contributed by atoms with van der Waals surface area (Å²) in [5.41, 5.74) is 1.04. The Morgan fingerprint density at radius 3 is 2.70 bits per heavy atom. The number of likely N-dealkylation sites (tertiary alicyclic amines) is 1. The van der Waals surface area contributed by atoms with E-state index in [4.69, 9.17) is 26.5 Å². The first-order chi connectivity index (χ1) is 22.4. The van der Waals surface area contributed by atoms with Gasteiger partial charge in [0.1, 0.15) is 16.7 Å². The Kier molecular flexibility index (Phi) is 9.07. The summed E-state index contributed by atoms with van der Waals surface area (Å²) in [7, 11) is 4.96. The van der Waals surface area contributed by atoms with Gasteiger partial charge in [-0.1, -0.05) is 11.6 Å². The molecule has 1 aliphatic carbocycles. The number of quaternary nitrogens is 1. The summed E-state index contributed by atoms with van der Waals surface area (Å²) in [6.45, 7) is 1.72. The zero-order chi connectivity index (χ0) is 33.5. The van der Waals surface area contributed by atoms with E-state index in [1.165, 1.54) is 17.3 Å². The summed E-state index contributed by atoms with van der Waals surface area (Å²) in [4.78, 5) is 29.1. The summed E-state index contributed by atoms with van der Waals surface area (Å²) in [6.07, 6.45) is 3.65. The molecule has 1 atom stereocenters. The number of methoxy groups -OCH3 is 1. The normalized spacial score (nSPS) is 19.6. The van der Waals surface area contributed by atoms with Crippen LogP contribution in [0.4, 0.5) is 24.8 Å². The third-order valence-corrected chi connectivity index (χ3v) is 8.70. The van der Waals surface area contributed by atoms with Crippen LogP contribution in [0.5, 0.6) is 5.75 Å². The highest BCUT2D eigenvalue weighted by molar-refractivity contribution is 6.36. The van der Waals surface area contributed by atoms with Gasteiger partial charge in [0.15, 0.2) is 22.9 Å². The second kappa shape index (κ2) is 13.1. The molecule has 2 aromatic heterocycles. The maximum absolute atomic E-state index is 13.9. The van der Waals surface area contributed by atoms with Crippen LogP contribution in [0.3, 0.4) is 0 Å². The maximum Gasteiger partial charge on any atom is 0.416 e. The van der Waals surface area contributed by atoms with Crippen molar-refractivity contribution >= 4 is 52.7 Å². The van der Waals surface area contributed by atoms with Crippen LogP contribution < -0.4 is 15.4 Å². The van der Waals surface area contributed by atoms with E-state index >= 15 is 0 Å². The number of hydrogen-bond acceptors (Lipinski definition) is 9. The van der Waals surface area contributed by atoms with Crippen molar-refractivity contribution in [3.8, 4) is 5.75 Å². The number of carbonyl (C=O) groups is 1. The minimum atomic E-state index is -4.54. The molecule has 3 aliphatic rings. The van der Waals surface area contributed by atoms with Crippen LogP contribution in [0.2, 0.25) is 5.02 Å². The Hall–Kier alpha value is -4.31. The molecule has 1 saturated heterocycles. The highest BCUT2D eigenvalue weighted by Gasteiger charge is 2.34. The van der Waals surface area contributed by atoms with E-state index in [9.17, 15) is 18.0 Å². The number of pyridine rings is 1. The number of nitrogens with zero attached hydrogens (tertiary/aromatic N) is 6. The molecule has 0 bridgehead atoms. The maximum atomic E-state index is 13.9. The number of hydrogen-bond donors (Lipinski definition) is 3. The molecule has 2 aliphatic heterocycles. The van der Waals surface area contributed by atoms with Gasteiger partial charge in [0.25, 0.3) is 0 Å². The van der Waals surface area contributed by atoms with E-state index in [-0.39, 0.29) is 51.7 Å². The van der Waals surface area contributed by atoms with Gasteiger partial charge in [0.05, 0.1) is 30.3 Å². The molecule has 12 nitrogen and oxygen atoms in total. The minimum Gasteiger partial charge on any atom is -0.446 e. The molecule has 0 unspecified atom stereocenters. The second-order valence-corrected chi connectivity index (χ2v) is 12.1. The lowest BCUT2D eigenvalue weighted by Gasteiger charge is -2.18. The topological polar surface area (TPSA) is 138 Å². The van der Waals surface area contributed by atoms with Gasteiger partial charge >= 0.3 is 6.18 Å². The first-order valence-electron chi connectivity index (χ1n) is 15.0. The number of benzene rings is 1. The zero-order valence-electron chi connectivity index (χ0n) is 25.9. The molecule has 2 fully saturated rings. The van der Waals surface area contributed by atoms with Gasteiger partial charge in [0, 0.05) is 52.4 Å². The Morgan fingerprint density at radius 2 is 2.06 bits per heavy atom. The molecule has 3 aromatic rings. The van der Waals surface area contributed by atoms with Gasteiger partial charge in [-0.2, -0.15) is 18.2 Å². The largest absolute Gasteiger partial charge is 0.446 e. The standard InChI is InChI=1S/C31H33ClF3N9O3/c1-42(29(45)18-4-5-18)25-14-37-22(12-38-25)23(11-36)47-24-13-39-28-27(26(24)32)43(2)30(41-28)40-20-9-17(8-19(10-20)31(33,34)35)15-44-7-6-21(16-44)46-3/h8-14,18,21,36-37H,4-7,15-16H2,1-3H3,(H,39,40,41)/p+1/b23-22+,36-11?/t21-/m0/s1. The number of ether oxygens (including phenoxy) is 2. The molecule has 0 spiro atoms. The number of nitrogens with two attached hydrogens (primary N) is 1. The minimum absolute atomic E-state index is 0.0187. The van der Waals surface area contributed by atoms with Crippen molar-refractivity contribution in [3.63, 3.8) is 0 Å². The molecule has 16 heteroatoms. The molecular formula is C31H34ClF3N9O3+. The molecule has 6 rings (SSSR count). The number of amides is 1. The monoisotopic (exact) mass is 672 g/mol. The lowest BCUT2D eigenvalue weighted by Crippen LogP contribution is -2.78. The lowest BCUT2D eigenvalue weighted by atomic mass is 10.1. The van der Waals surface area contributed by atoms with Gasteiger partial charge in [0.2, 0.25) is 17.6 Å². The van der Waals surface area contributed by atoms with Crippen LogP contribution in [-0.4, -0.2) is 76.0 Å². The van der Waals surface area contributed by atoms with E-state index in [0.717, 1.165) is 44.2 Å². The Balaban J connectivity index is 1.23. The quantitative estimate of drug-likeness (QED) is 0.217. The fraction of sp³-hybridized carbons (Fsp3) is 0.387. The van der Waals surface area contributed by atoms with Crippen molar-refractivity contribution in [2.24, 2.45) is 18.0 Å². The molecule has 0 radical (unpaired) electrons. The number of halogens is 4. The number of rotatable bonds is 10. The van der Waals surface area contributed by atoms with E-state index in [2.05, 4.69) is 25.2 Å². The van der Waals surface area contributed by atoms with Crippen molar-refractivity contribution in [2.45, 2.75) is 38.1 Å². The van der Waals surface area contributed by atoms with Crippen LogP contribution in [0.1, 0.15) is 30.4 Å². The van der Waals surface area contributed by atoms with Gasteiger partial charge in [-0.3, -0.25) is 19.9 Å². The number of imidazole rings is 1. The highest BCUT2D eigenvalue weighted by Crippen LogP contribution is 2.36. The molecule has 4 heterocycles. The fourth-order valence-corrected chi connectivity index (χ4v) is 5.87. The third-order valence-electron chi connectivity index (χ3n) is 8.33. The first-order valence-corrected chi connectivity index (χ1v) is 15.4. The van der Waals surface area contributed by atoms with E-state index in [0.29, 0.717) is 35.7 Å². The third kappa shape index (κ3) is 7.02. The Labute approximate surface area is 273 Å². The fourth-order valence-electron chi connectivity index (χ4n) is 5.57. The van der Waals surface area contributed by atoms with Crippen molar-refractivity contribution < 1.29 is 32.8 Å². The Bertz CT molecular complexity index is 1820. The molecule has 1 amide bonds. The van der Waals surface area contributed by atoms with E-state index in [1.807, 2.05) is 0 Å². The highest BCUT2D eigenvalue weighted by atomic mass is 35.5. The number of aryl methyl sites for hydroxylation is 1. The average Bonchev–Trinajstić information content (AvgIpc) is 3.73. The van der Waals surface area contributed by atoms with Gasteiger partial charge < -0.3 is 24.8 Å². The molecule has 248 valence electrons. The lowest BCUT2D eigenvalue weighted by molar-refractivity contribution is -0.529. The number of anilines is 2. The number of aliphatic imine (C=N–C) groups is 1. The van der Waals surface area contributed by atoms with E-state index < -0.39 is 11.7 Å². The van der Waals surface area contributed by atoms with Crippen LogP contribution in [0, 0.1) is 11.3 Å². The van der Waals surface area contributed by atoms with Crippen molar-refractivity contribution in [3.05, 3.63) is 64.0 Å². The van der Waals surface area contributed by atoms with E-state index in [1.54, 1.807) is 43.4 Å². The molecular weight excluding hydrogens is 639 g/mol. The van der Waals surface area contributed by atoms with Gasteiger partial charge in [-0.15, -0.1) is 0 Å². The summed E-state index contributed by atoms with van der Waals surface area (Å²) in [5, 5.41) is 12.8. The van der Waals surface area contributed by atoms with Crippen molar-refractivity contribution in [1.82, 2.24) is 24.3 Å². The van der Waals surface area contributed by atoms with Gasteiger partial charge in [-0.25, -0.2) is 9.98 Å². The Morgan fingerprint density at radius 1 is 1.28 bits per heavy atom. The summed E-state index contributed by atoms with van der Waals surface area (Å²) < 4.78 is 54.6. The predicted octanol–water partition coefficient (Wildman–Crippen LogP) is 4.16. The van der Waals surface area contributed by atoms with Crippen LogP contribution in [0.15, 0.2) is 52.9 Å². The predicted molar refractivity (Wildman–Crippen MR) is 169 cm³/mol. The second-order valence-electron chi connectivity index (χ2n) is 11.7. The first kappa shape index (κ1) is 32.6. The molecule has 4 N–H and O–H groups in total. The number of alkyl halides is 3. The van der Waals surface area contributed by atoms with Crippen LogP contribution >= 0.6 is 11.6 Å². The summed E-state index contributed by atoms with van der Waals surface area (Å²) in [6, 6.07) is 3.87. The van der Waals surface area contributed by atoms with Crippen LogP contribution in [-0.2, 0) is 29.3 Å². The SMILES string of the molecule is CO[C@H]1CCN(Cc2cc(Nc3nc4ncc(O/C(C=N)=C5\C=NC(N(C)C(=O)C6CC6)=C[NH2+]5)c(Cl)c4n3C)cc(C(F)(F)F)c2)C1. The number of allylic oxidation sites excluding steroid dienone is 2. The smallest absolute Gasteiger partial charge is 0.416 e. The number of aromatic nitrogens is 3. The number of carbonyl (C=O) groups excluding carboxylic acids is 1.